The van der Waals surface area contributed by atoms with Crippen LogP contribution in [0.1, 0.15) is 12.1 Å². The molecule has 0 atom stereocenters. The molecule has 70 valence electrons. The van der Waals surface area contributed by atoms with Crippen LogP contribution in [0.3, 0.4) is 0 Å². The van der Waals surface area contributed by atoms with Crippen LogP contribution in [0.25, 0.3) is 0 Å². The Balaban J connectivity index is 3.06. The van der Waals surface area contributed by atoms with Gasteiger partial charge in [0.2, 0.25) is 0 Å². The Kier molecular flexibility index (Phi) is 2.89. The highest BCUT2D eigenvalue weighted by atomic mass is 19.3. The summed E-state index contributed by atoms with van der Waals surface area (Å²) in [7, 11) is -1.91. The molecule has 1 rings (SSSR count). The first-order chi connectivity index (χ1) is 6.02. The molecular weight excluding hydrogens is 186 g/mol. The van der Waals surface area contributed by atoms with Crippen LogP contribution in [0, 0.1) is 5.82 Å². The summed E-state index contributed by atoms with van der Waals surface area (Å²) in [6.07, 6.45) is -2.22. The van der Waals surface area contributed by atoms with Gasteiger partial charge in [0.25, 0.3) is 6.43 Å². The Hall–Kier alpha value is -1.08. The summed E-state index contributed by atoms with van der Waals surface area (Å²) in [5, 5.41) is 17.1. The molecule has 0 aromatic carbocycles. The Morgan fingerprint density at radius 3 is 2.38 bits per heavy atom. The van der Waals surface area contributed by atoms with E-state index < -0.39 is 25.1 Å². The van der Waals surface area contributed by atoms with Gasteiger partial charge in [-0.3, -0.25) is 4.98 Å². The molecule has 0 saturated carbocycles. The molecule has 0 radical (unpaired) electrons. The van der Waals surface area contributed by atoms with Crippen LogP contribution in [0.4, 0.5) is 13.2 Å². The highest BCUT2D eigenvalue weighted by molar-refractivity contribution is 6.58. The van der Waals surface area contributed by atoms with Gasteiger partial charge >= 0.3 is 7.12 Å². The van der Waals surface area contributed by atoms with Crippen molar-refractivity contribution >= 4 is 12.6 Å². The largest absolute Gasteiger partial charge is 0.490 e. The summed E-state index contributed by atoms with van der Waals surface area (Å²) in [5.41, 5.74) is -1.26. The minimum atomic E-state index is -3.01. The Morgan fingerprint density at radius 2 is 2.00 bits per heavy atom. The SMILES string of the molecule is OB(O)c1cnc(C(F)F)c(F)c1. The third-order valence-corrected chi connectivity index (χ3v) is 1.40. The first kappa shape index (κ1) is 10.0. The van der Waals surface area contributed by atoms with Crippen molar-refractivity contribution in [1.82, 2.24) is 4.98 Å². The molecular formula is C6H5BF3NO2. The van der Waals surface area contributed by atoms with E-state index in [-0.39, 0.29) is 5.46 Å². The fraction of sp³-hybridized carbons (Fsp3) is 0.167. The molecule has 1 aromatic rings. The number of nitrogens with zero attached hydrogens (tertiary/aromatic N) is 1. The van der Waals surface area contributed by atoms with E-state index in [0.717, 1.165) is 6.20 Å². The zero-order valence-corrected chi connectivity index (χ0v) is 6.28. The van der Waals surface area contributed by atoms with Crippen molar-refractivity contribution in [3.63, 3.8) is 0 Å². The van der Waals surface area contributed by atoms with Gasteiger partial charge in [-0.15, -0.1) is 0 Å². The molecule has 0 spiro atoms. The van der Waals surface area contributed by atoms with E-state index in [2.05, 4.69) is 4.98 Å². The lowest BCUT2D eigenvalue weighted by Crippen LogP contribution is -2.31. The fourth-order valence-electron chi connectivity index (χ4n) is 0.765. The summed E-state index contributed by atoms with van der Waals surface area (Å²) in [4.78, 5) is 3.05. The van der Waals surface area contributed by atoms with Crippen LogP contribution in [-0.4, -0.2) is 22.2 Å². The van der Waals surface area contributed by atoms with Gasteiger partial charge in [-0.1, -0.05) is 0 Å². The van der Waals surface area contributed by atoms with Crippen LogP contribution in [-0.2, 0) is 0 Å². The predicted molar refractivity (Wildman–Crippen MR) is 39.0 cm³/mol. The van der Waals surface area contributed by atoms with Gasteiger partial charge in [-0.2, -0.15) is 0 Å². The van der Waals surface area contributed by atoms with Crippen LogP contribution in [0.15, 0.2) is 12.3 Å². The molecule has 0 aliphatic carbocycles. The van der Waals surface area contributed by atoms with Crippen LogP contribution in [0.2, 0.25) is 0 Å². The summed E-state index contributed by atoms with van der Waals surface area (Å²) in [5.74, 6) is -1.25. The van der Waals surface area contributed by atoms with Crippen LogP contribution < -0.4 is 5.46 Å². The first-order valence-electron chi connectivity index (χ1n) is 3.32. The maximum absolute atomic E-state index is 12.7. The zero-order valence-electron chi connectivity index (χ0n) is 6.28. The van der Waals surface area contributed by atoms with Gasteiger partial charge in [-0.05, 0) is 6.07 Å². The van der Waals surface area contributed by atoms with Gasteiger partial charge in [0.1, 0.15) is 11.5 Å². The highest BCUT2D eigenvalue weighted by Gasteiger charge is 2.19. The maximum atomic E-state index is 12.7. The molecule has 13 heavy (non-hydrogen) atoms. The van der Waals surface area contributed by atoms with Crippen molar-refractivity contribution in [2.45, 2.75) is 6.43 Å². The number of rotatable bonds is 2. The van der Waals surface area contributed by atoms with Gasteiger partial charge in [0.15, 0.2) is 0 Å². The van der Waals surface area contributed by atoms with Crippen molar-refractivity contribution in [2.75, 3.05) is 0 Å². The van der Waals surface area contributed by atoms with Crippen molar-refractivity contribution in [1.29, 1.82) is 0 Å². The number of hydrogen-bond donors (Lipinski definition) is 2. The lowest BCUT2D eigenvalue weighted by atomic mass is 9.81. The molecule has 0 fully saturated rings. The van der Waals surface area contributed by atoms with Gasteiger partial charge in [0, 0.05) is 11.7 Å². The second-order valence-electron chi connectivity index (χ2n) is 2.31. The third kappa shape index (κ3) is 2.19. The minimum Gasteiger partial charge on any atom is -0.423 e. The number of hydrogen-bond acceptors (Lipinski definition) is 3. The highest BCUT2D eigenvalue weighted by Crippen LogP contribution is 2.17. The molecule has 1 aromatic heterocycles. The quantitative estimate of drug-likeness (QED) is 0.638. The Bertz CT molecular complexity index is 308. The van der Waals surface area contributed by atoms with E-state index >= 15 is 0 Å². The smallest absolute Gasteiger partial charge is 0.423 e. The van der Waals surface area contributed by atoms with E-state index in [9.17, 15) is 13.2 Å². The third-order valence-electron chi connectivity index (χ3n) is 1.40. The van der Waals surface area contributed by atoms with Crippen molar-refractivity contribution in [3.05, 3.63) is 23.8 Å². The lowest BCUT2D eigenvalue weighted by molar-refractivity contribution is 0.140. The minimum absolute atomic E-state index is 0.262. The van der Waals surface area contributed by atoms with E-state index in [1.165, 1.54) is 0 Å². The maximum Gasteiger partial charge on any atom is 0.490 e. The first-order valence-corrected chi connectivity index (χ1v) is 3.32. The zero-order chi connectivity index (χ0) is 10.0. The van der Waals surface area contributed by atoms with E-state index in [4.69, 9.17) is 10.0 Å². The standard InChI is InChI=1S/C6H5BF3NO2/c8-4-1-3(7(12)13)2-11-5(4)6(9)10/h1-2,6,12-13H. The monoisotopic (exact) mass is 191 g/mol. The molecule has 3 nitrogen and oxygen atoms in total. The molecule has 2 N–H and O–H groups in total. The summed E-state index contributed by atoms with van der Waals surface area (Å²) in [6, 6.07) is 0.610. The number of aromatic nitrogens is 1. The number of pyridine rings is 1. The molecule has 0 saturated heterocycles. The van der Waals surface area contributed by atoms with E-state index in [1.807, 2.05) is 0 Å². The average molecular weight is 191 g/mol. The predicted octanol–water partition coefficient (Wildman–Crippen LogP) is -0.162. The second-order valence-corrected chi connectivity index (χ2v) is 2.31. The fourth-order valence-corrected chi connectivity index (χ4v) is 0.765. The molecule has 0 aliphatic rings. The van der Waals surface area contributed by atoms with Gasteiger partial charge in [-0.25, -0.2) is 13.2 Å². The average Bonchev–Trinajstić information content (AvgIpc) is 2.03. The normalized spacial score (nSPS) is 10.6. The van der Waals surface area contributed by atoms with Gasteiger partial charge in [0.05, 0.1) is 0 Å². The molecule has 0 bridgehead atoms. The van der Waals surface area contributed by atoms with E-state index in [1.54, 1.807) is 0 Å². The topological polar surface area (TPSA) is 53.4 Å². The lowest BCUT2D eigenvalue weighted by Gasteiger charge is -2.02. The number of alkyl halides is 2. The summed E-state index contributed by atoms with van der Waals surface area (Å²) >= 11 is 0. The summed E-state index contributed by atoms with van der Waals surface area (Å²) in [6.45, 7) is 0. The van der Waals surface area contributed by atoms with Crippen molar-refractivity contribution in [3.8, 4) is 0 Å². The number of halogens is 3. The van der Waals surface area contributed by atoms with E-state index in [0.29, 0.717) is 6.07 Å². The van der Waals surface area contributed by atoms with Crippen LogP contribution in [0.5, 0.6) is 0 Å². The molecule has 0 amide bonds. The molecule has 1 heterocycles. The van der Waals surface area contributed by atoms with Crippen LogP contribution >= 0.6 is 0 Å². The summed E-state index contributed by atoms with van der Waals surface area (Å²) < 4.78 is 36.6. The molecule has 0 unspecified atom stereocenters. The molecule has 7 heteroatoms. The van der Waals surface area contributed by atoms with Gasteiger partial charge < -0.3 is 10.0 Å². The molecule has 0 aliphatic heterocycles. The Labute approximate surface area is 72.0 Å². The Morgan fingerprint density at radius 1 is 1.38 bits per heavy atom. The second kappa shape index (κ2) is 3.76. The van der Waals surface area contributed by atoms with Crippen molar-refractivity contribution in [2.24, 2.45) is 0 Å². The van der Waals surface area contributed by atoms with Crippen molar-refractivity contribution < 1.29 is 23.2 Å².